The van der Waals surface area contributed by atoms with E-state index in [4.69, 9.17) is 25.7 Å². The summed E-state index contributed by atoms with van der Waals surface area (Å²) in [5.41, 5.74) is 0.694. The first-order valence-electron chi connectivity index (χ1n) is 16.4. The van der Waals surface area contributed by atoms with Gasteiger partial charge in [-0.3, -0.25) is 9.59 Å². The zero-order valence-electron chi connectivity index (χ0n) is 27.2. The predicted octanol–water partition coefficient (Wildman–Crippen LogP) is 5.05. The van der Waals surface area contributed by atoms with Crippen LogP contribution >= 0.6 is 35.3 Å². The molecule has 2 fully saturated rings. The minimum absolute atomic E-state index is 0.0335. The molecule has 2 aliphatic heterocycles. The predicted molar refractivity (Wildman–Crippen MR) is 202 cm³/mol. The van der Waals surface area contributed by atoms with Gasteiger partial charge in [-0.25, -0.2) is 0 Å². The van der Waals surface area contributed by atoms with Crippen LogP contribution in [0.2, 0.25) is 0 Å². The second-order valence-corrected chi connectivity index (χ2v) is 14.1. The Balaban J connectivity index is 0.988. The maximum absolute atomic E-state index is 14.1. The van der Waals surface area contributed by atoms with Gasteiger partial charge in [0, 0.05) is 69.6 Å². The van der Waals surface area contributed by atoms with Crippen molar-refractivity contribution in [3.8, 4) is 5.75 Å². The van der Waals surface area contributed by atoms with Gasteiger partial charge in [-0.15, -0.1) is 0 Å². The van der Waals surface area contributed by atoms with Crippen molar-refractivity contribution < 1.29 is 14.3 Å². The fraction of sp³-hybridized carbons (Fsp3) is 0.343. The van der Waals surface area contributed by atoms with E-state index in [0.29, 0.717) is 75.3 Å². The van der Waals surface area contributed by atoms with Gasteiger partial charge in [0.2, 0.25) is 11.8 Å². The summed E-state index contributed by atoms with van der Waals surface area (Å²) in [5, 5.41) is 9.01. The van der Waals surface area contributed by atoms with E-state index in [-0.39, 0.29) is 18.2 Å². The van der Waals surface area contributed by atoms with Gasteiger partial charge >= 0.3 is 0 Å². The molecule has 49 heavy (non-hydrogen) atoms. The number of nitrogens with one attached hydrogen (secondary N) is 2. The fourth-order valence-corrected chi connectivity index (χ4v) is 8.32. The van der Waals surface area contributed by atoms with E-state index in [9.17, 15) is 9.59 Å². The summed E-state index contributed by atoms with van der Waals surface area (Å²) in [7, 11) is 1.60. The molecule has 2 saturated heterocycles. The van der Waals surface area contributed by atoms with Gasteiger partial charge in [0.1, 0.15) is 23.4 Å². The Hall–Kier alpha value is -4.53. The fourth-order valence-electron chi connectivity index (χ4n) is 6.48. The molecule has 1 atom stereocenters. The number of carbonyl (C=O) groups is 2. The van der Waals surface area contributed by atoms with Crippen molar-refractivity contribution >= 4 is 89.7 Å². The molecule has 1 unspecified atom stereocenters. The highest BCUT2D eigenvalue weighted by Gasteiger charge is 2.31. The Morgan fingerprint density at radius 3 is 1.90 bits per heavy atom. The van der Waals surface area contributed by atoms with Gasteiger partial charge in [-0.2, -0.15) is 8.75 Å². The van der Waals surface area contributed by atoms with Crippen LogP contribution in [0.5, 0.6) is 5.75 Å². The molecule has 3 aromatic carbocycles. The molecule has 2 amide bonds. The zero-order valence-corrected chi connectivity index (χ0v) is 29.7. The smallest absolute Gasteiger partial charge is 0.245 e. The highest BCUT2D eigenvalue weighted by atomic mass is 32.1. The van der Waals surface area contributed by atoms with Crippen LogP contribution in [-0.4, -0.2) is 101 Å². The maximum Gasteiger partial charge on any atom is 0.245 e. The van der Waals surface area contributed by atoms with E-state index in [2.05, 4.69) is 44.7 Å². The maximum atomic E-state index is 14.1. The number of aromatic nitrogens is 2. The topological polar surface area (TPSA) is 106 Å². The molecule has 0 bridgehead atoms. The molecule has 0 spiro atoms. The summed E-state index contributed by atoms with van der Waals surface area (Å²) < 4.78 is 17.2. The first-order chi connectivity index (χ1) is 24.0. The van der Waals surface area contributed by atoms with Crippen molar-refractivity contribution in [2.24, 2.45) is 0 Å². The number of hydrogen-bond acceptors (Lipinski definition) is 10. The van der Waals surface area contributed by atoms with Crippen LogP contribution in [0.1, 0.15) is 12.8 Å². The number of piperazine rings is 2. The summed E-state index contributed by atoms with van der Waals surface area (Å²) in [5.74, 6) is 2.56. The molecule has 14 heteroatoms. The number of fused-ring (bicyclic) bond motifs is 2. The number of benzene rings is 3. The molecule has 0 radical (unpaired) electrons. The van der Waals surface area contributed by atoms with Crippen molar-refractivity contribution in [2.45, 2.75) is 18.9 Å². The number of carbonyl (C=O) groups excluding carboxylic acids is 2. The minimum atomic E-state index is -0.673. The van der Waals surface area contributed by atoms with Crippen LogP contribution in [0.25, 0.3) is 20.2 Å². The normalized spacial score (nSPS) is 15.8. The summed E-state index contributed by atoms with van der Waals surface area (Å²) in [6, 6.07) is 23.3. The van der Waals surface area contributed by atoms with Crippen LogP contribution < -0.4 is 25.2 Å². The van der Waals surface area contributed by atoms with Crippen LogP contribution in [0.15, 0.2) is 72.8 Å². The lowest BCUT2D eigenvalue weighted by atomic mass is 10.1. The minimum Gasteiger partial charge on any atom is -0.495 e. The molecule has 4 heterocycles. The third-order valence-corrected chi connectivity index (χ3v) is 11.0. The Bertz CT molecular complexity index is 1950. The summed E-state index contributed by atoms with van der Waals surface area (Å²) in [6.45, 7) is 5.10. The molecule has 2 aromatic heterocycles. The highest BCUT2D eigenvalue weighted by molar-refractivity contribution is 7.80. The molecule has 2 aliphatic rings. The van der Waals surface area contributed by atoms with Crippen LogP contribution in [0, 0.1) is 0 Å². The number of hydrogen-bond donors (Lipinski definition) is 2. The number of thiocarbonyl (C=S) groups is 1. The molecule has 5 aromatic rings. The van der Waals surface area contributed by atoms with Gasteiger partial charge in [0.05, 0.1) is 22.2 Å². The SMILES string of the molecule is COc1ccccc1NC(=S)NC(CCC(=O)N1CCN(c2nsc3ccccc23)CC1)C(=O)N1CCN(c2nsc3ccccc23)CC1. The molecule has 11 nitrogen and oxygen atoms in total. The highest BCUT2D eigenvalue weighted by Crippen LogP contribution is 2.31. The van der Waals surface area contributed by atoms with Crippen LogP contribution in [-0.2, 0) is 9.59 Å². The van der Waals surface area contributed by atoms with E-state index in [1.807, 2.05) is 58.3 Å². The Labute approximate surface area is 298 Å². The van der Waals surface area contributed by atoms with Gasteiger partial charge in [-0.05, 0) is 78.1 Å². The number of rotatable bonds is 9. The van der Waals surface area contributed by atoms with Crippen molar-refractivity contribution in [3.05, 3.63) is 72.8 Å². The monoisotopic (exact) mass is 714 g/mol. The number of amides is 2. The van der Waals surface area contributed by atoms with Crippen molar-refractivity contribution in [1.29, 1.82) is 0 Å². The van der Waals surface area contributed by atoms with E-state index < -0.39 is 6.04 Å². The van der Waals surface area contributed by atoms with Crippen molar-refractivity contribution in [2.75, 3.05) is 74.6 Å². The van der Waals surface area contributed by atoms with E-state index in [0.717, 1.165) is 31.8 Å². The largest absolute Gasteiger partial charge is 0.495 e. The molecule has 254 valence electrons. The standard InChI is InChI=1S/C35H38N8O3S3/c1-46-28-11-5-4-10-26(28)36-35(47)37-27(34(45)43-22-20-42(21-23-43)33-25-9-3-7-13-30(25)49-39-33)14-15-31(44)40-16-18-41(19-17-40)32-24-8-2-6-12-29(24)48-38-32/h2-13,27H,14-23H2,1H3,(H2,36,37,47). The molecule has 7 rings (SSSR count). The third kappa shape index (κ3) is 7.26. The third-order valence-electron chi connectivity index (χ3n) is 9.15. The summed E-state index contributed by atoms with van der Waals surface area (Å²) in [6.07, 6.45) is 0.546. The lowest BCUT2D eigenvalue weighted by Gasteiger charge is -2.37. The van der Waals surface area contributed by atoms with E-state index in [1.165, 1.54) is 23.1 Å². The summed E-state index contributed by atoms with van der Waals surface area (Å²) >= 11 is 8.68. The Kier molecular flexibility index (Phi) is 10.1. The number of ether oxygens (including phenoxy) is 1. The quantitative estimate of drug-likeness (QED) is 0.202. The Morgan fingerprint density at radius 2 is 1.31 bits per heavy atom. The molecular formula is C35H38N8O3S3. The van der Waals surface area contributed by atoms with E-state index in [1.54, 1.807) is 7.11 Å². The second-order valence-electron chi connectivity index (χ2n) is 12.1. The number of methoxy groups -OCH3 is 1. The van der Waals surface area contributed by atoms with Crippen LogP contribution in [0.3, 0.4) is 0 Å². The Morgan fingerprint density at radius 1 is 0.776 bits per heavy atom. The summed E-state index contributed by atoms with van der Waals surface area (Å²) in [4.78, 5) is 35.9. The molecule has 2 N–H and O–H groups in total. The molecule has 0 aliphatic carbocycles. The molecule has 0 saturated carbocycles. The van der Waals surface area contributed by atoms with Gasteiger partial charge in [0.15, 0.2) is 5.11 Å². The zero-order chi connectivity index (χ0) is 33.7. The molecular weight excluding hydrogens is 677 g/mol. The number of para-hydroxylation sites is 2. The van der Waals surface area contributed by atoms with Crippen molar-refractivity contribution in [1.82, 2.24) is 23.9 Å². The average molecular weight is 715 g/mol. The van der Waals surface area contributed by atoms with Gasteiger partial charge < -0.3 is 35.0 Å². The van der Waals surface area contributed by atoms with Gasteiger partial charge in [-0.1, -0.05) is 36.4 Å². The number of nitrogens with zero attached hydrogens (tertiary/aromatic N) is 6. The average Bonchev–Trinajstić information content (AvgIpc) is 3.78. The van der Waals surface area contributed by atoms with Crippen molar-refractivity contribution in [3.63, 3.8) is 0 Å². The second kappa shape index (κ2) is 14.9. The first kappa shape index (κ1) is 33.0. The van der Waals surface area contributed by atoms with Gasteiger partial charge in [0.25, 0.3) is 0 Å². The first-order valence-corrected chi connectivity index (χ1v) is 18.4. The van der Waals surface area contributed by atoms with Crippen LogP contribution in [0.4, 0.5) is 17.3 Å². The number of anilines is 3. The lowest BCUT2D eigenvalue weighted by Crippen LogP contribution is -2.56. The van der Waals surface area contributed by atoms with E-state index >= 15 is 0 Å². The lowest BCUT2D eigenvalue weighted by molar-refractivity contribution is -0.134.